The minimum absolute atomic E-state index is 0.327. The number of likely N-dealkylation sites (tertiary alicyclic amines) is 1. The van der Waals surface area contributed by atoms with Crippen LogP contribution in [-0.4, -0.2) is 68.1 Å². The van der Waals surface area contributed by atoms with E-state index in [9.17, 15) is 0 Å². The molecule has 0 bridgehead atoms. The Labute approximate surface area is 225 Å². The van der Waals surface area contributed by atoms with E-state index in [-0.39, 0.29) is 0 Å². The number of aryl methyl sites for hydroxylation is 1. The number of fused-ring (bicyclic) bond motifs is 3. The molecule has 3 atom stereocenters. The van der Waals surface area contributed by atoms with E-state index >= 15 is 0 Å². The van der Waals surface area contributed by atoms with Crippen molar-refractivity contribution < 1.29 is 4.74 Å². The number of rotatable bonds is 5. The first-order valence-electron chi connectivity index (χ1n) is 14.4. The highest BCUT2D eigenvalue weighted by atomic mass is 16.5. The number of aromatic nitrogens is 4. The maximum absolute atomic E-state index is 6.36. The first kappa shape index (κ1) is 24.1. The number of nitrogens with zero attached hydrogens (tertiary/aromatic N) is 7. The molecule has 0 spiro atoms. The molecule has 7 rings (SSSR count). The summed E-state index contributed by atoms with van der Waals surface area (Å²) in [5, 5.41) is 0. The lowest BCUT2D eigenvalue weighted by Crippen LogP contribution is -2.43. The zero-order valence-corrected chi connectivity index (χ0v) is 22.7. The summed E-state index contributed by atoms with van der Waals surface area (Å²) in [7, 11) is 2.19. The third kappa shape index (κ3) is 4.37. The minimum Gasteiger partial charge on any atom is -0.462 e. The maximum Gasteiger partial charge on any atom is 0.318 e. The van der Waals surface area contributed by atoms with Crippen LogP contribution in [0.5, 0.6) is 6.01 Å². The fourth-order valence-electron chi connectivity index (χ4n) is 7.09. The molecule has 8 nitrogen and oxygen atoms in total. The van der Waals surface area contributed by atoms with Gasteiger partial charge in [0.25, 0.3) is 0 Å². The summed E-state index contributed by atoms with van der Waals surface area (Å²) in [6.07, 6.45) is 11.0. The number of imidazole rings is 1. The number of ether oxygens (including phenoxy) is 1. The average molecular weight is 514 g/mol. The van der Waals surface area contributed by atoms with Gasteiger partial charge < -0.3 is 19.1 Å². The Balaban J connectivity index is 1.21. The summed E-state index contributed by atoms with van der Waals surface area (Å²) in [5.41, 5.74) is 6.71. The van der Waals surface area contributed by atoms with Gasteiger partial charge in [-0.05, 0) is 70.2 Å². The predicted molar refractivity (Wildman–Crippen MR) is 147 cm³/mol. The SMILES string of the molecule is C[C@@H]1Cn2cncc2CN1c1nc(OCC2CCCN2C)nc2c1CCN(C1CCCc3ccccc31)C2. The lowest BCUT2D eigenvalue weighted by molar-refractivity contribution is 0.155. The molecule has 1 saturated heterocycles. The molecule has 4 aliphatic rings. The van der Waals surface area contributed by atoms with Crippen molar-refractivity contribution in [3.8, 4) is 6.01 Å². The monoisotopic (exact) mass is 513 g/mol. The van der Waals surface area contributed by atoms with Crippen molar-refractivity contribution in [2.24, 2.45) is 0 Å². The van der Waals surface area contributed by atoms with Crippen molar-refractivity contribution in [1.82, 2.24) is 29.3 Å². The molecular formula is C30H39N7O. The van der Waals surface area contributed by atoms with Gasteiger partial charge in [0.2, 0.25) is 0 Å². The fourth-order valence-corrected chi connectivity index (χ4v) is 7.09. The first-order valence-corrected chi connectivity index (χ1v) is 14.4. The summed E-state index contributed by atoms with van der Waals surface area (Å²) in [6.45, 7) is 7.70. The smallest absolute Gasteiger partial charge is 0.318 e. The molecule has 3 aliphatic heterocycles. The molecule has 0 radical (unpaired) electrons. The van der Waals surface area contributed by atoms with E-state index in [1.54, 1.807) is 0 Å². The van der Waals surface area contributed by atoms with Gasteiger partial charge in [-0.1, -0.05) is 24.3 Å². The number of benzene rings is 1. The maximum atomic E-state index is 6.36. The van der Waals surface area contributed by atoms with E-state index in [1.165, 1.54) is 54.5 Å². The van der Waals surface area contributed by atoms with Crippen LogP contribution in [0.15, 0.2) is 36.8 Å². The number of likely N-dealkylation sites (N-methyl/N-ethyl adjacent to an activating group) is 1. The van der Waals surface area contributed by atoms with E-state index < -0.39 is 0 Å². The van der Waals surface area contributed by atoms with Gasteiger partial charge >= 0.3 is 6.01 Å². The van der Waals surface area contributed by atoms with E-state index in [0.29, 0.717) is 30.7 Å². The Kier molecular flexibility index (Phi) is 6.32. The van der Waals surface area contributed by atoms with Gasteiger partial charge in [0.15, 0.2) is 0 Å². The first-order chi connectivity index (χ1) is 18.6. The third-order valence-corrected chi connectivity index (χ3v) is 9.30. The fraction of sp³-hybridized carbons (Fsp3) is 0.567. The van der Waals surface area contributed by atoms with E-state index in [1.807, 2.05) is 12.5 Å². The molecule has 2 unspecified atom stereocenters. The second-order valence-electron chi connectivity index (χ2n) is 11.7. The normalized spacial score (nSPS) is 25.6. The van der Waals surface area contributed by atoms with E-state index in [2.05, 4.69) is 62.5 Å². The summed E-state index contributed by atoms with van der Waals surface area (Å²) in [4.78, 5) is 22.1. The Morgan fingerprint density at radius 2 is 1.95 bits per heavy atom. The molecule has 5 heterocycles. The van der Waals surface area contributed by atoms with Crippen LogP contribution >= 0.6 is 0 Å². The standard InChI is InChI=1S/C30H39N7O/c1-21-16-36-20-31-15-24(36)17-37(21)29-26-12-14-35(28-11-5-8-22-7-3-4-10-25(22)28)18-27(26)32-30(33-29)38-19-23-9-6-13-34(23)2/h3-4,7,10,15,20-21,23,28H,5-6,8-9,11-14,16-19H2,1-2H3/t21-,23?,28?/m1/s1. The second kappa shape index (κ2) is 9.97. The molecule has 2 aromatic heterocycles. The van der Waals surface area contributed by atoms with Gasteiger partial charge in [0, 0.05) is 49.5 Å². The van der Waals surface area contributed by atoms with Crippen LogP contribution in [0.2, 0.25) is 0 Å². The summed E-state index contributed by atoms with van der Waals surface area (Å²) in [5.74, 6) is 1.06. The Bertz CT molecular complexity index is 1310. The number of hydrogen-bond donors (Lipinski definition) is 0. The van der Waals surface area contributed by atoms with Crippen molar-refractivity contribution >= 4 is 5.82 Å². The summed E-state index contributed by atoms with van der Waals surface area (Å²) in [6, 6.07) is 10.8. The van der Waals surface area contributed by atoms with Crippen LogP contribution in [0.25, 0.3) is 0 Å². The van der Waals surface area contributed by atoms with Crippen LogP contribution in [0.4, 0.5) is 5.82 Å². The third-order valence-electron chi connectivity index (χ3n) is 9.30. The van der Waals surface area contributed by atoms with Gasteiger partial charge in [0.05, 0.1) is 24.3 Å². The zero-order valence-electron chi connectivity index (χ0n) is 22.7. The number of anilines is 1. The van der Waals surface area contributed by atoms with Crippen LogP contribution in [0.1, 0.15) is 66.7 Å². The van der Waals surface area contributed by atoms with Gasteiger partial charge in [0.1, 0.15) is 12.4 Å². The molecule has 8 heteroatoms. The summed E-state index contributed by atoms with van der Waals surface area (Å²) >= 11 is 0. The van der Waals surface area contributed by atoms with Crippen molar-refractivity contribution in [3.63, 3.8) is 0 Å². The van der Waals surface area contributed by atoms with Crippen LogP contribution in [0, 0.1) is 0 Å². The lowest BCUT2D eigenvalue weighted by atomic mass is 9.86. The minimum atomic E-state index is 0.327. The topological polar surface area (TPSA) is 62.6 Å². The van der Waals surface area contributed by atoms with Crippen molar-refractivity contribution in [1.29, 1.82) is 0 Å². The highest BCUT2D eigenvalue weighted by molar-refractivity contribution is 5.53. The average Bonchev–Trinajstić information content (AvgIpc) is 3.58. The Morgan fingerprint density at radius 3 is 2.84 bits per heavy atom. The highest BCUT2D eigenvalue weighted by Crippen LogP contribution is 2.39. The van der Waals surface area contributed by atoms with Gasteiger partial charge in [-0.25, -0.2) is 4.98 Å². The molecule has 38 heavy (non-hydrogen) atoms. The van der Waals surface area contributed by atoms with Crippen LogP contribution < -0.4 is 9.64 Å². The number of hydrogen-bond acceptors (Lipinski definition) is 7. The van der Waals surface area contributed by atoms with Crippen molar-refractivity contribution in [3.05, 3.63) is 64.9 Å². The highest BCUT2D eigenvalue weighted by Gasteiger charge is 2.34. The Hall–Kier alpha value is -2.97. The van der Waals surface area contributed by atoms with Crippen LogP contribution in [0.3, 0.4) is 0 Å². The van der Waals surface area contributed by atoms with Crippen LogP contribution in [-0.2, 0) is 32.5 Å². The van der Waals surface area contributed by atoms with E-state index in [0.717, 1.165) is 50.7 Å². The molecule has 1 aliphatic carbocycles. The molecule has 0 N–H and O–H groups in total. The van der Waals surface area contributed by atoms with Gasteiger partial charge in [-0.3, -0.25) is 4.90 Å². The molecule has 1 fully saturated rings. The quantitative estimate of drug-likeness (QED) is 0.511. The molecular weight excluding hydrogens is 474 g/mol. The van der Waals surface area contributed by atoms with E-state index in [4.69, 9.17) is 14.7 Å². The Morgan fingerprint density at radius 1 is 1.03 bits per heavy atom. The summed E-state index contributed by atoms with van der Waals surface area (Å²) < 4.78 is 8.63. The van der Waals surface area contributed by atoms with Crippen molar-refractivity contribution in [2.45, 2.75) is 83.2 Å². The largest absolute Gasteiger partial charge is 0.462 e. The molecule has 0 saturated carbocycles. The molecule has 0 amide bonds. The molecule has 200 valence electrons. The van der Waals surface area contributed by atoms with Crippen molar-refractivity contribution in [2.75, 3.05) is 31.6 Å². The van der Waals surface area contributed by atoms with Gasteiger partial charge in [-0.2, -0.15) is 9.97 Å². The lowest BCUT2D eigenvalue weighted by Gasteiger charge is -2.41. The van der Waals surface area contributed by atoms with Gasteiger partial charge in [-0.15, -0.1) is 0 Å². The molecule has 3 aromatic rings. The molecule has 1 aromatic carbocycles. The second-order valence-corrected chi connectivity index (χ2v) is 11.7. The predicted octanol–water partition coefficient (Wildman–Crippen LogP) is 3.99. The zero-order chi connectivity index (χ0) is 25.6.